The highest BCUT2D eigenvalue weighted by Crippen LogP contribution is 2.28. The van der Waals surface area contributed by atoms with Crippen LogP contribution < -0.4 is 5.32 Å². The van der Waals surface area contributed by atoms with Gasteiger partial charge in [0.25, 0.3) is 0 Å². The lowest BCUT2D eigenvalue weighted by Gasteiger charge is -2.43. The van der Waals surface area contributed by atoms with Crippen molar-refractivity contribution < 1.29 is 9.32 Å². The van der Waals surface area contributed by atoms with Gasteiger partial charge in [0.15, 0.2) is 5.82 Å². The predicted octanol–water partition coefficient (Wildman–Crippen LogP) is 3.56. The monoisotopic (exact) mass is 307 g/mol. The molecule has 1 saturated heterocycles. The standard InChI is InChI=1S/C17H29N3O2/c1-12-9-7-8-10-20(12)17(5,6)15(21)18-14-11-13(22-19-14)16(2,3)4/h11-12H,7-10H2,1-6H3,(H,18,19,21). The number of piperidine rings is 1. The van der Waals surface area contributed by atoms with Gasteiger partial charge in [-0.15, -0.1) is 0 Å². The fourth-order valence-electron chi connectivity index (χ4n) is 3.02. The predicted molar refractivity (Wildman–Crippen MR) is 87.9 cm³/mol. The lowest BCUT2D eigenvalue weighted by atomic mass is 9.93. The van der Waals surface area contributed by atoms with E-state index in [2.05, 4.69) is 43.1 Å². The molecule has 1 aliphatic heterocycles. The Bertz CT molecular complexity index is 528. The fourth-order valence-corrected chi connectivity index (χ4v) is 3.02. The van der Waals surface area contributed by atoms with E-state index in [1.807, 2.05) is 19.9 Å². The van der Waals surface area contributed by atoms with Crippen LogP contribution in [0.5, 0.6) is 0 Å². The molecule has 0 radical (unpaired) electrons. The Morgan fingerprint density at radius 1 is 1.32 bits per heavy atom. The number of aromatic nitrogens is 1. The van der Waals surface area contributed by atoms with Gasteiger partial charge < -0.3 is 9.84 Å². The summed E-state index contributed by atoms with van der Waals surface area (Å²) < 4.78 is 5.33. The molecule has 1 fully saturated rings. The first-order chi connectivity index (χ1) is 10.1. The highest BCUT2D eigenvalue weighted by Gasteiger charge is 2.38. The van der Waals surface area contributed by atoms with E-state index in [0.717, 1.165) is 25.1 Å². The summed E-state index contributed by atoms with van der Waals surface area (Å²) in [5, 5.41) is 6.88. The minimum Gasteiger partial charge on any atom is -0.359 e. The van der Waals surface area contributed by atoms with Gasteiger partial charge in [-0.25, -0.2) is 0 Å². The molecule has 1 unspecified atom stereocenters. The number of carbonyl (C=O) groups is 1. The second-order valence-corrected chi connectivity index (χ2v) is 7.88. The molecule has 22 heavy (non-hydrogen) atoms. The number of nitrogens with zero attached hydrogens (tertiary/aromatic N) is 2. The van der Waals surface area contributed by atoms with E-state index in [4.69, 9.17) is 4.52 Å². The summed E-state index contributed by atoms with van der Waals surface area (Å²) in [5.41, 5.74) is -0.673. The van der Waals surface area contributed by atoms with Gasteiger partial charge in [0.2, 0.25) is 5.91 Å². The van der Waals surface area contributed by atoms with Crippen molar-refractivity contribution in [2.24, 2.45) is 0 Å². The van der Waals surface area contributed by atoms with Gasteiger partial charge in [-0.3, -0.25) is 9.69 Å². The van der Waals surface area contributed by atoms with E-state index < -0.39 is 5.54 Å². The van der Waals surface area contributed by atoms with E-state index in [0.29, 0.717) is 11.9 Å². The minimum absolute atomic E-state index is 0.0324. The third kappa shape index (κ3) is 3.51. The summed E-state index contributed by atoms with van der Waals surface area (Å²) in [6.45, 7) is 13.3. The quantitative estimate of drug-likeness (QED) is 0.927. The number of likely N-dealkylation sites (tertiary alicyclic amines) is 1. The Morgan fingerprint density at radius 2 is 2.00 bits per heavy atom. The first kappa shape index (κ1) is 17.0. The van der Waals surface area contributed by atoms with Crippen molar-refractivity contribution in [3.8, 4) is 0 Å². The second kappa shape index (κ2) is 6.03. The Balaban J connectivity index is 2.08. The summed E-state index contributed by atoms with van der Waals surface area (Å²) in [5.74, 6) is 1.23. The molecule has 5 heteroatoms. The lowest BCUT2D eigenvalue weighted by Crippen LogP contribution is -2.57. The third-order valence-electron chi connectivity index (χ3n) is 4.57. The molecule has 1 amide bonds. The molecule has 2 rings (SSSR count). The Morgan fingerprint density at radius 3 is 2.55 bits per heavy atom. The Labute approximate surface area is 133 Å². The van der Waals surface area contributed by atoms with Crippen molar-refractivity contribution in [3.63, 3.8) is 0 Å². The Hall–Kier alpha value is -1.36. The van der Waals surface area contributed by atoms with Crippen LogP contribution in [0.1, 0.15) is 66.6 Å². The van der Waals surface area contributed by atoms with Crippen LogP contribution in [0.2, 0.25) is 0 Å². The molecule has 124 valence electrons. The van der Waals surface area contributed by atoms with Crippen molar-refractivity contribution in [1.82, 2.24) is 10.1 Å². The molecular formula is C17H29N3O2. The van der Waals surface area contributed by atoms with Crippen molar-refractivity contribution in [2.45, 2.75) is 77.8 Å². The largest absolute Gasteiger partial charge is 0.359 e. The van der Waals surface area contributed by atoms with E-state index >= 15 is 0 Å². The van der Waals surface area contributed by atoms with E-state index in [1.165, 1.54) is 6.42 Å². The molecular weight excluding hydrogens is 278 g/mol. The maximum atomic E-state index is 12.7. The van der Waals surface area contributed by atoms with Crippen LogP contribution in [0.4, 0.5) is 5.82 Å². The smallest absolute Gasteiger partial charge is 0.245 e. The first-order valence-electron chi connectivity index (χ1n) is 8.18. The molecule has 0 spiro atoms. The Kier molecular flexibility index (Phi) is 4.66. The van der Waals surface area contributed by atoms with Gasteiger partial charge in [0, 0.05) is 17.5 Å². The zero-order chi connectivity index (χ0) is 16.5. The van der Waals surface area contributed by atoms with Crippen LogP contribution >= 0.6 is 0 Å². The molecule has 1 aromatic rings. The van der Waals surface area contributed by atoms with Gasteiger partial charge in [0.1, 0.15) is 5.76 Å². The van der Waals surface area contributed by atoms with Gasteiger partial charge in [-0.1, -0.05) is 32.3 Å². The van der Waals surface area contributed by atoms with Gasteiger partial charge in [0.05, 0.1) is 5.54 Å². The highest BCUT2D eigenvalue weighted by atomic mass is 16.5. The minimum atomic E-state index is -0.555. The van der Waals surface area contributed by atoms with E-state index in [9.17, 15) is 4.79 Å². The zero-order valence-corrected chi connectivity index (χ0v) is 14.7. The van der Waals surface area contributed by atoms with Crippen molar-refractivity contribution in [2.75, 3.05) is 11.9 Å². The van der Waals surface area contributed by atoms with Crippen LogP contribution in [-0.4, -0.2) is 34.1 Å². The number of rotatable bonds is 3. The highest BCUT2D eigenvalue weighted by molar-refractivity contribution is 5.96. The number of anilines is 1. The number of hydrogen-bond donors (Lipinski definition) is 1. The molecule has 1 atom stereocenters. The summed E-state index contributed by atoms with van der Waals surface area (Å²) in [6.07, 6.45) is 3.54. The fraction of sp³-hybridized carbons (Fsp3) is 0.765. The van der Waals surface area contributed by atoms with Crippen LogP contribution in [-0.2, 0) is 10.2 Å². The topological polar surface area (TPSA) is 58.4 Å². The summed E-state index contributed by atoms with van der Waals surface area (Å²) >= 11 is 0. The zero-order valence-electron chi connectivity index (χ0n) is 14.7. The number of amides is 1. The molecule has 1 N–H and O–H groups in total. The van der Waals surface area contributed by atoms with Crippen LogP contribution in [0.3, 0.4) is 0 Å². The van der Waals surface area contributed by atoms with Gasteiger partial charge >= 0.3 is 0 Å². The second-order valence-electron chi connectivity index (χ2n) is 7.88. The van der Waals surface area contributed by atoms with Crippen LogP contribution in [0, 0.1) is 0 Å². The third-order valence-corrected chi connectivity index (χ3v) is 4.57. The maximum absolute atomic E-state index is 12.7. The number of nitrogens with one attached hydrogen (secondary N) is 1. The van der Waals surface area contributed by atoms with Gasteiger partial charge in [-0.05, 0) is 40.2 Å². The van der Waals surface area contributed by atoms with E-state index in [1.54, 1.807) is 0 Å². The molecule has 5 nitrogen and oxygen atoms in total. The molecule has 0 aromatic carbocycles. The number of carbonyl (C=O) groups excluding carboxylic acids is 1. The first-order valence-corrected chi connectivity index (χ1v) is 8.18. The average molecular weight is 307 g/mol. The van der Waals surface area contributed by atoms with Crippen molar-refractivity contribution >= 4 is 11.7 Å². The molecule has 0 saturated carbocycles. The van der Waals surface area contributed by atoms with Gasteiger partial charge in [-0.2, -0.15) is 0 Å². The van der Waals surface area contributed by atoms with Crippen LogP contribution in [0.15, 0.2) is 10.6 Å². The molecule has 1 aromatic heterocycles. The SMILES string of the molecule is CC1CCCCN1C(C)(C)C(=O)Nc1cc(C(C)(C)C)on1. The average Bonchev–Trinajstić information content (AvgIpc) is 2.87. The summed E-state index contributed by atoms with van der Waals surface area (Å²) in [6, 6.07) is 2.24. The molecule has 0 aliphatic carbocycles. The van der Waals surface area contributed by atoms with Crippen LogP contribution in [0.25, 0.3) is 0 Å². The van der Waals surface area contributed by atoms with Crippen molar-refractivity contribution in [1.29, 1.82) is 0 Å². The molecule has 2 heterocycles. The summed E-state index contributed by atoms with van der Waals surface area (Å²) in [4.78, 5) is 15.0. The molecule has 1 aliphatic rings. The van der Waals surface area contributed by atoms with E-state index in [-0.39, 0.29) is 11.3 Å². The maximum Gasteiger partial charge on any atom is 0.245 e. The normalized spacial score (nSPS) is 20.9. The lowest BCUT2D eigenvalue weighted by molar-refractivity contribution is -0.128. The van der Waals surface area contributed by atoms with Crippen molar-refractivity contribution in [3.05, 3.63) is 11.8 Å². The number of hydrogen-bond acceptors (Lipinski definition) is 4. The summed E-state index contributed by atoms with van der Waals surface area (Å²) in [7, 11) is 0. The molecule has 0 bridgehead atoms.